The Labute approximate surface area is 143 Å². The number of benzene rings is 1. The maximum absolute atomic E-state index is 12.7. The normalized spacial score (nSPS) is 16.2. The van der Waals surface area contributed by atoms with Gasteiger partial charge in [0, 0.05) is 26.2 Å². The number of carbonyl (C=O) groups excluding carboxylic acids is 2. The van der Waals surface area contributed by atoms with E-state index in [0.29, 0.717) is 44.1 Å². The Kier molecular flexibility index (Phi) is 6.20. The molecule has 1 aromatic rings. The van der Waals surface area contributed by atoms with Crippen LogP contribution in [0.25, 0.3) is 0 Å². The van der Waals surface area contributed by atoms with Gasteiger partial charge in [-0.3, -0.25) is 9.59 Å². The number of piperazine rings is 1. The Bertz CT molecular complexity index is 581. The molecule has 132 valence electrons. The van der Waals surface area contributed by atoms with Crippen molar-refractivity contribution in [2.75, 3.05) is 32.8 Å². The van der Waals surface area contributed by atoms with Crippen LogP contribution in [0.5, 0.6) is 5.75 Å². The summed E-state index contributed by atoms with van der Waals surface area (Å²) in [4.78, 5) is 28.6. The Hall–Kier alpha value is -2.08. The zero-order valence-corrected chi connectivity index (χ0v) is 14.7. The number of amides is 2. The minimum atomic E-state index is -0.481. The maximum atomic E-state index is 12.7. The van der Waals surface area contributed by atoms with Gasteiger partial charge in [0.05, 0.1) is 18.2 Å². The molecule has 1 aliphatic heterocycles. The molecule has 0 spiro atoms. The molecule has 2 rings (SSSR count). The van der Waals surface area contributed by atoms with E-state index in [1.807, 2.05) is 32.9 Å². The first kappa shape index (κ1) is 18.3. The van der Waals surface area contributed by atoms with Crippen LogP contribution in [-0.4, -0.2) is 60.4 Å². The minimum absolute atomic E-state index is 0.0354. The van der Waals surface area contributed by atoms with Crippen LogP contribution in [0.4, 0.5) is 0 Å². The SMILES string of the molecule is CCOc1ccccc1C(=O)N1CCN(C(=O)[C@@H](N)C(C)C)CC1. The van der Waals surface area contributed by atoms with Crippen LogP contribution in [0.2, 0.25) is 0 Å². The second-order valence-corrected chi connectivity index (χ2v) is 6.32. The zero-order chi connectivity index (χ0) is 17.7. The average Bonchev–Trinajstić information content (AvgIpc) is 2.60. The summed E-state index contributed by atoms with van der Waals surface area (Å²) in [6, 6.07) is 6.78. The minimum Gasteiger partial charge on any atom is -0.493 e. The first-order chi connectivity index (χ1) is 11.5. The third kappa shape index (κ3) is 4.06. The highest BCUT2D eigenvalue weighted by atomic mass is 16.5. The Morgan fingerprint density at radius 2 is 1.71 bits per heavy atom. The molecule has 0 aliphatic carbocycles. The number of rotatable bonds is 5. The van der Waals surface area contributed by atoms with Gasteiger partial charge in [-0.25, -0.2) is 0 Å². The predicted molar refractivity (Wildman–Crippen MR) is 92.9 cm³/mol. The lowest BCUT2D eigenvalue weighted by molar-refractivity contribution is -0.135. The molecule has 1 atom stereocenters. The molecular weight excluding hydrogens is 306 g/mol. The second kappa shape index (κ2) is 8.15. The summed E-state index contributed by atoms with van der Waals surface area (Å²) in [5.41, 5.74) is 6.51. The van der Waals surface area contributed by atoms with Crippen LogP contribution in [0.15, 0.2) is 24.3 Å². The van der Waals surface area contributed by atoms with Gasteiger partial charge in [-0.15, -0.1) is 0 Å². The lowest BCUT2D eigenvalue weighted by Gasteiger charge is -2.36. The zero-order valence-electron chi connectivity index (χ0n) is 14.7. The Morgan fingerprint density at radius 3 is 2.29 bits per heavy atom. The van der Waals surface area contributed by atoms with Crippen LogP contribution in [-0.2, 0) is 4.79 Å². The summed E-state index contributed by atoms with van der Waals surface area (Å²) >= 11 is 0. The molecule has 1 aliphatic rings. The summed E-state index contributed by atoms with van der Waals surface area (Å²) in [6.07, 6.45) is 0. The molecule has 6 heteroatoms. The average molecular weight is 333 g/mol. The number of nitrogens with two attached hydrogens (primary N) is 1. The molecule has 0 unspecified atom stereocenters. The summed E-state index contributed by atoms with van der Waals surface area (Å²) in [6.45, 7) is 8.33. The highest BCUT2D eigenvalue weighted by Crippen LogP contribution is 2.21. The van der Waals surface area contributed by atoms with E-state index >= 15 is 0 Å². The molecule has 24 heavy (non-hydrogen) atoms. The fraction of sp³-hybridized carbons (Fsp3) is 0.556. The number of hydrogen-bond acceptors (Lipinski definition) is 4. The molecule has 0 radical (unpaired) electrons. The van der Waals surface area contributed by atoms with Gasteiger partial charge in [0.1, 0.15) is 5.75 Å². The summed E-state index contributed by atoms with van der Waals surface area (Å²) in [5.74, 6) is 0.617. The molecular formula is C18H27N3O3. The number of carbonyl (C=O) groups is 2. The molecule has 1 fully saturated rings. The van der Waals surface area contributed by atoms with Crippen molar-refractivity contribution < 1.29 is 14.3 Å². The first-order valence-corrected chi connectivity index (χ1v) is 8.51. The van der Waals surface area contributed by atoms with E-state index in [4.69, 9.17) is 10.5 Å². The van der Waals surface area contributed by atoms with Crippen molar-refractivity contribution in [3.8, 4) is 5.75 Å². The number of para-hydroxylation sites is 1. The summed E-state index contributed by atoms with van der Waals surface area (Å²) in [5, 5.41) is 0. The van der Waals surface area contributed by atoms with Gasteiger partial charge in [-0.05, 0) is 25.0 Å². The van der Waals surface area contributed by atoms with Crippen molar-refractivity contribution in [2.24, 2.45) is 11.7 Å². The molecule has 0 saturated carbocycles. The number of hydrogen-bond donors (Lipinski definition) is 1. The predicted octanol–water partition coefficient (Wildman–Crippen LogP) is 1.35. The smallest absolute Gasteiger partial charge is 0.257 e. The molecule has 1 aromatic carbocycles. The van der Waals surface area contributed by atoms with Crippen LogP contribution in [0, 0.1) is 5.92 Å². The van der Waals surface area contributed by atoms with E-state index in [9.17, 15) is 9.59 Å². The van der Waals surface area contributed by atoms with Crippen molar-refractivity contribution in [1.29, 1.82) is 0 Å². The molecule has 0 aromatic heterocycles. The molecule has 6 nitrogen and oxygen atoms in total. The van der Waals surface area contributed by atoms with Crippen LogP contribution in [0.3, 0.4) is 0 Å². The molecule has 0 bridgehead atoms. The van der Waals surface area contributed by atoms with Crippen molar-refractivity contribution in [1.82, 2.24) is 9.80 Å². The fourth-order valence-electron chi connectivity index (χ4n) is 2.72. The number of nitrogens with zero attached hydrogens (tertiary/aromatic N) is 2. The topological polar surface area (TPSA) is 75.9 Å². The van der Waals surface area contributed by atoms with E-state index in [1.165, 1.54) is 0 Å². The van der Waals surface area contributed by atoms with Gasteiger partial charge in [-0.2, -0.15) is 0 Å². The van der Waals surface area contributed by atoms with E-state index in [0.717, 1.165) is 0 Å². The third-order valence-electron chi connectivity index (χ3n) is 4.30. The standard InChI is InChI=1S/C18H27N3O3/c1-4-24-15-8-6-5-7-14(15)17(22)20-9-11-21(12-10-20)18(23)16(19)13(2)3/h5-8,13,16H,4,9-12,19H2,1-3H3/t16-/m0/s1. The van der Waals surface area contributed by atoms with Crippen LogP contribution >= 0.6 is 0 Å². The highest BCUT2D eigenvalue weighted by Gasteiger charge is 2.29. The molecule has 1 heterocycles. The van der Waals surface area contributed by atoms with E-state index in [-0.39, 0.29) is 17.7 Å². The summed E-state index contributed by atoms with van der Waals surface area (Å²) < 4.78 is 5.54. The van der Waals surface area contributed by atoms with E-state index in [2.05, 4.69) is 0 Å². The quantitative estimate of drug-likeness (QED) is 0.882. The van der Waals surface area contributed by atoms with Gasteiger partial charge in [0.15, 0.2) is 0 Å². The van der Waals surface area contributed by atoms with Gasteiger partial charge in [-0.1, -0.05) is 26.0 Å². The molecule has 2 N–H and O–H groups in total. The lowest BCUT2D eigenvalue weighted by atomic mass is 10.0. The number of ether oxygens (including phenoxy) is 1. The fourth-order valence-corrected chi connectivity index (χ4v) is 2.72. The van der Waals surface area contributed by atoms with Crippen molar-refractivity contribution >= 4 is 11.8 Å². The van der Waals surface area contributed by atoms with Gasteiger partial charge in [0.25, 0.3) is 5.91 Å². The van der Waals surface area contributed by atoms with E-state index in [1.54, 1.807) is 21.9 Å². The van der Waals surface area contributed by atoms with Gasteiger partial charge in [0.2, 0.25) is 5.91 Å². The lowest BCUT2D eigenvalue weighted by Crippen LogP contribution is -2.55. The maximum Gasteiger partial charge on any atom is 0.257 e. The van der Waals surface area contributed by atoms with Crippen molar-refractivity contribution in [2.45, 2.75) is 26.8 Å². The Morgan fingerprint density at radius 1 is 1.12 bits per heavy atom. The monoisotopic (exact) mass is 333 g/mol. The van der Waals surface area contributed by atoms with Gasteiger partial charge < -0.3 is 20.3 Å². The molecule has 1 saturated heterocycles. The van der Waals surface area contributed by atoms with Crippen molar-refractivity contribution in [3.05, 3.63) is 29.8 Å². The van der Waals surface area contributed by atoms with Crippen LogP contribution in [0.1, 0.15) is 31.1 Å². The highest BCUT2D eigenvalue weighted by molar-refractivity contribution is 5.97. The van der Waals surface area contributed by atoms with Gasteiger partial charge >= 0.3 is 0 Å². The summed E-state index contributed by atoms with van der Waals surface area (Å²) in [7, 11) is 0. The van der Waals surface area contributed by atoms with Crippen molar-refractivity contribution in [3.63, 3.8) is 0 Å². The third-order valence-corrected chi connectivity index (χ3v) is 4.30. The molecule has 2 amide bonds. The van der Waals surface area contributed by atoms with Crippen LogP contribution < -0.4 is 10.5 Å². The largest absolute Gasteiger partial charge is 0.493 e. The Balaban J connectivity index is 2.00. The van der Waals surface area contributed by atoms with E-state index < -0.39 is 6.04 Å². The first-order valence-electron chi connectivity index (χ1n) is 8.51. The second-order valence-electron chi connectivity index (χ2n) is 6.32.